The highest BCUT2D eigenvalue weighted by Gasteiger charge is 2.79. The van der Waals surface area contributed by atoms with Crippen LogP contribution in [0.5, 0.6) is 0 Å². The fourth-order valence-corrected chi connectivity index (χ4v) is 29.6. The first-order valence-corrected chi connectivity index (χ1v) is 48.0. The van der Waals surface area contributed by atoms with Gasteiger partial charge in [0.05, 0.1) is 41.7 Å². The van der Waals surface area contributed by atoms with Crippen LogP contribution in [0.15, 0.2) is 230 Å². The second-order valence-corrected chi connectivity index (χ2v) is 42.6. The van der Waals surface area contributed by atoms with Gasteiger partial charge in [-0.3, -0.25) is 33.6 Å². The summed E-state index contributed by atoms with van der Waals surface area (Å²) in [7, 11) is 0. The number of oxazole rings is 1. The summed E-state index contributed by atoms with van der Waals surface area (Å²) < 4.78 is 54.3. The summed E-state index contributed by atoms with van der Waals surface area (Å²) >= 11 is 4.01. The zero-order valence-corrected chi connectivity index (χ0v) is 75.8. The molecule has 0 radical (unpaired) electrons. The van der Waals surface area contributed by atoms with Crippen LogP contribution < -0.4 is 5.32 Å². The predicted molar refractivity (Wildman–Crippen MR) is 484 cm³/mol. The van der Waals surface area contributed by atoms with E-state index in [4.69, 9.17) is 18.9 Å². The predicted octanol–water partition coefficient (Wildman–Crippen LogP) is 18.9. The standard InChI is InChI=1S/C37H38FNO5S.C34H37FO4S.C33H41NO6S/c1-22-18-28-27-15-14-25-19-26(40)16-17-34(25,2)36(27,38)29(41)20-35(28,3)37(22,43)30(42)21-45-33-39-31(23-10-6-4-7-11-23)32(44-33)24-12-8-5-9-13-24;1-21-17-28-27-14-11-24-18-25(36)15-16-31(24,2)33(27,35)29(37)19-32(28,3)34(21,39)30(38)20-40-26-12-9-23(10-13-26)22-7-5-4-6-8-22;1-5-6-29-39-28-16-25-24-12-7-20-15-22(36)13-14-31(20,3)30(24)26(37)17-32(25,4)33(28,40-29)27(38)18-41-23-10-8-21(9-11-23)34-19(2)35/h4-13,16-17,19,22,27-29,41,43H,14-15,18,20-21H2,1-3H3;4-10,12-13,15-16,18,21,27-29,37,39H,11,14,17,19-20H2,1-3H3;8-11,13-15,24-26,28-30,37H,5-7,12,16-18H2,1-4H3,(H,34,35)/t22-,27?,28?,29+,34?,35?,36+,37+;21-,27?,28?,29+,31?,32?,33+,34+;24?,25?,26-,28+,29?,30?,31?,32?,33+/m110/s1. The Morgan fingerprint density at radius 2 is 0.984 bits per heavy atom. The Morgan fingerprint density at radius 3 is 1.50 bits per heavy atom. The maximum absolute atomic E-state index is 17.5. The van der Waals surface area contributed by atoms with Crippen LogP contribution in [0.3, 0.4) is 0 Å². The average molecular weight is 1770 g/mol. The number of amides is 1. The van der Waals surface area contributed by atoms with Crippen LogP contribution in [0.1, 0.15) is 159 Å². The summed E-state index contributed by atoms with van der Waals surface area (Å²) in [6.07, 6.45) is 17.9. The molecule has 13 aliphatic rings. The van der Waals surface area contributed by atoms with Gasteiger partial charge in [-0.2, -0.15) is 0 Å². The number of ketones is 6. The number of nitrogens with one attached hydrogen (secondary N) is 1. The van der Waals surface area contributed by atoms with E-state index in [0.29, 0.717) is 67.2 Å². The quantitative estimate of drug-likeness (QED) is 0.0436. The lowest BCUT2D eigenvalue weighted by molar-refractivity contribution is -0.218. The molecule has 19 rings (SSSR count). The number of carbonyl (C=O) groups excluding carboxylic acids is 7. The number of carbonyl (C=O) groups is 7. The fraction of sp³-hybridized carbons (Fsp3) is 0.500. The molecule has 1 aromatic heterocycles. The van der Waals surface area contributed by atoms with Crippen LogP contribution in [0, 0.1) is 85.8 Å². The summed E-state index contributed by atoms with van der Waals surface area (Å²) in [6, 6.07) is 45.0. The molecule has 664 valence electrons. The molecule has 22 heteroatoms. The van der Waals surface area contributed by atoms with E-state index in [-0.39, 0.29) is 118 Å². The van der Waals surface area contributed by atoms with Gasteiger partial charge in [0.2, 0.25) is 5.91 Å². The average Bonchev–Trinajstić information content (AvgIpc) is 1.45. The molecule has 126 heavy (non-hydrogen) atoms. The lowest BCUT2D eigenvalue weighted by atomic mass is 9.44. The highest BCUT2D eigenvalue weighted by molar-refractivity contribution is 8.00. The number of thioether (sulfide) groups is 3. The van der Waals surface area contributed by atoms with E-state index in [9.17, 15) is 59.1 Å². The van der Waals surface area contributed by atoms with Gasteiger partial charge in [0, 0.05) is 83.8 Å². The third-order valence-electron chi connectivity index (χ3n) is 33.4. The molecular formula is C104H116F2N2O15S3. The number of aliphatic hydroxyl groups excluding tert-OH is 3. The van der Waals surface area contributed by atoms with Gasteiger partial charge in [0.25, 0.3) is 5.22 Å². The molecule has 14 unspecified atom stereocenters. The Labute approximate surface area is 749 Å². The van der Waals surface area contributed by atoms with E-state index in [0.717, 1.165) is 92.7 Å². The van der Waals surface area contributed by atoms with E-state index >= 15 is 8.78 Å². The van der Waals surface area contributed by atoms with Crippen molar-refractivity contribution in [3.63, 3.8) is 0 Å². The second kappa shape index (κ2) is 33.4. The minimum Gasteiger partial charge on any atom is -0.431 e. The van der Waals surface area contributed by atoms with Crippen molar-refractivity contribution in [2.75, 3.05) is 22.6 Å². The van der Waals surface area contributed by atoms with Gasteiger partial charge in [-0.05, 0) is 217 Å². The molecule has 12 aliphatic carbocycles. The molecule has 25 atom stereocenters. The molecule has 17 nitrogen and oxygen atoms in total. The number of benzene rings is 5. The maximum Gasteiger partial charge on any atom is 0.257 e. The van der Waals surface area contributed by atoms with Crippen LogP contribution in [-0.2, 0) is 43.0 Å². The minimum atomic E-state index is -2.01. The van der Waals surface area contributed by atoms with Crippen molar-refractivity contribution < 1.29 is 81.8 Å². The van der Waals surface area contributed by atoms with Gasteiger partial charge in [0.1, 0.15) is 16.9 Å². The number of halogens is 2. The summed E-state index contributed by atoms with van der Waals surface area (Å²) in [5.74, 6) is -2.27. The van der Waals surface area contributed by atoms with Crippen molar-refractivity contribution in [1.29, 1.82) is 0 Å². The van der Waals surface area contributed by atoms with Crippen LogP contribution in [0.2, 0.25) is 0 Å². The van der Waals surface area contributed by atoms with Crippen LogP contribution in [0.25, 0.3) is 33.7 Å². The van der Waals surface area contributed by atoms with Gasteiger partial charge >= 0.3 is 0 Å². The van der Waals surface area contributed by atoms with Crippen LogP contribution >= 0.6 is 35.3 Å². The van der Waals surface area contributed by atoms with Gasteiger partial charge in [0.15, 0.2) is 63.7 Å². The molecule has 1 amide bonds. The number of hydrogen-bond donors (Lipinski definition) is 6. The number of ether oxygens (including phenoxy) is 2. The second-order valence-electron chi connectivity index (χ2n) is 39.6. The largest absolute Gasteiger partial charge is 0.431 e. The number of fused-ring (bicyclic) bond motifs is 17. The number of rotatable bonds is 18. The molecule has 10 fully saturated rings. The SMILES string of the molecule is CCCC1O[C@@H]2CC3C4CCC5=CC(=O)C=CC5(C)C4[C@@H](O)CC3(C)[C@]2(C(=O)CSc2ccc(NC(C)=O)cc2)O1.C[C@@H]1CC2C3CCC4=CC(=O)C=CC4(C)[C@@]3(F)[C@@H](O)CC2(C)[C@@]1(O)C(=O)CSc1ccc(-c2ccccc2)cc1.C[C@@H]1CC2C3CCC4=CC(=O)C=CC4(C)[C@@]3(F)[C@@H](O)CC2(C)[C@@]1(O)C(=O)CSc1nc(-c2ccccc2)c(-c2ccccc2)o1. The molecule has 1 saturated heterocycles. The Balaban J connectivity index is 0.000000134. The zero-order valence-electron chi connectivity index (χ0n) is 73.3. The minimum absolute atomic E-state index is 0.00164. The van der Waals surface area contributed by atoms with Crippen molar-refractivity contribution in [1.82, 2.24) is 4.98 Å². The Kier molecular flexibility index (Phi) is 23.8. The molecule has 1 aliphatic heterocycles. The highest BCUT2D eigenvalue weighted by atomic mass is 32.2. The molecule has 2 heterocycles. The number of nitrogens with zero attached hydrogens (tertiary/aromatic N) is 1. The van der Waals surface area contributed by atoms with E-state index in [1.165, 1.54) is 54.8 Å². The molecule has 9 saturated carbocycles. The first-order valence-electron chi connectivity index (χ1n) is 45.1. The first kappa shape index (κ1) is 89.8. The number of aliphatic hydroxyl groups is 5. The number of allylic oxidation sites excluding steroid dienone is 12. The molecular weight excluding hydrogens is 1650 g/mol. The molecule has 0 spiro atoms. The van der Waals surface area contributed by atoms with Crippen molar-refractivity contribution in [2.45, 2.75) is 233 Å². The van der Waals surface area contributed by atoms with Gasteiger partial charge < -0.3 is 44.7 Å². The number of Topliss-reactive ketones (excluding diaryl/α,β-unsaturated/α-hetero) is 3. The highest BCUT2D eigenvalue weighted by Crippen LogP contribution is 2.75. The molecule has 0 bridgehead atoms. The number of anilines is 1. The van der Waals surface area contributed by atoms with Crippen LogP contribution in [-0.4, -0.2) is 147 Å². The summed E-state index contributed by atoms with van der Waals surface area (Å²) in [5, 5.41) is 62.7. The number of aromatic nitrogens is 1. The summed E-state index contributed by atoms with van der Waals surface area (Å²) in [5.41, 5.74) is -5.72. The first-order chi connectivity index (χ1) is 59.9. The fourth-order valence-electron chi connectivity index (χ4n) is 27.2. The summed E-state index contributed by atoms with van der Waals surface area (Å²) in [4.78, 5) is 96.8. The third kappa shape index (κ3) is 14.1. The molecule has 6 aromatic rings. The Morgan fingerprint density at radius 1 is 0.524 bits per heavy atom. The molecule has 6 N–H and O–H groups in total. The zero-order chi connectivity index (χ0) is 89.4. The van der Waals surface area contributed by atoms with Gasteiger partial charge in [-0.25, -0.2) is 13.8 Å². The molecule has 5 aromatic carbocycles. The van der Waals surface area contributed by atoms with Crippen molar-refractivity contribution in [3.8, 4) is 33.7 Å². The monoisotopic (exact) mass is 1770 g/mol. The lowest BCUT2D eigenvalue weighted by Gasteiger charge is -2.62. The van der Waals surface area contributed by atoms with E-state index < -0.39 is 97.6 Å². The topological polar surface area (TPSA) is 277 Å². The van der Waals surface area contributed by atoms with Crippen molar-refractivity contribution in [3.05, 3.63) is 211 Å². The Bertz CT molecular complexity index is 5430. The van der Waals surface area contributed by atoms with Gasteiger partial charge in [-0.15, -0.1) is 23.5 Å². The number of hydrogen-bond acceptors (Lipinski definition) is 19. The maximum atomic E-state index is 17.5. The van der Waals surface area contributed by atoms with E-state index in [2.05, 4.69) is 38.2 Å². The van der Waals surface area contributed by atoms with Crippen molar-refractivity contribution in [2.24, 2.45) is 85.8 Å². The summed E-state index contributed by atoms with van der Waals surface area (Å²) in [6.45, 7) is 18.9. The van der Waals surface area contributed by atoms with E-state index in [1.54, 1.807) is 38.2 Å². The van der Waals surface area contributed by atoms with Crippen LogP contribution in [0.4, 0.5) is 14.5 Å². The normalized spacial score (nSPS) is 39.2. The number of alkyl halides is 2. The Hall–Kier alpha value is -8.13. The van der Waals surface area contributed by atoms with E-state index in [1.807, 2.05) is 161 Å². The van der Waals surface area contributed by atoms with Gasteiger partial charge in [-0.1, -0.05) is 205 Å². The third-order valence-corrected chi connectivity index (χ3v) is 36.3. The smallest absolute Gasteiger partial charge is 0.257 e. The van der Waals surface area contributed by atoms with Crippen molar-refractivity contribution >= 4 is 81.6 Å². The lowest BCUT2D eigenvalue weighted by Crippen LogP contribution is -2.69.